The van der Waals surface area contributed by atoms with Crippen molar-refractivity contribution < 1.29 is 4.79 Å². The number of thiocarbonyl (C=S) groups is 1. The fourth-order valence-electron chi connectivity index (χ4n) is 1.94. The van der Waals surface area contributed by atoms with Crippen molar-refractivity contribution in [1.29, 1.82) is 0 Å². The van der Waals surface area contributed by atoms with E-state index in [-0.39, 0.29) is 11.8 Å². The normalized spacial score (nSPS) is 12.1. The molecule has 0 saturated carbocycles. The van der Waals surface area contributed by atoms with E-state index in [1.165, 1.54) is 0 Å². The number of carbonyl (C=O) groups excluding carboxylic acids is 1. The molecule has 104 valence electrons. The van der Waals surface area contributed by atoms with Crippen LogP contribution in [0.5, 0.6) is 0 Å². The zero-order valence-corrected chi connectivity index (χ0v) is 12.3. The zero-order chi connectivity index (χ0) is 14.7. The Morgan fingerprint density at radius 3 is 2.85 bits per heavy atom. The Labute approximate surface area is 123 Å². The van der Waals surface area contributed by atoms with Crippen molar-refractivity contribution >= 4 is 34.0 Å². The number of carbonyl (C=O) groups is 1. The summed E-state index contributed by atoms with van der Waals surface area (Å²) < 4.78 is 0. The van der Waals surface area contributed by atoms with Crippen molar-refractivity contribution in [2.75, 3.05) is 6.54 Å². The molecule has 0 bridgehead atoms. The van der Waals surface area contributed by atoms with Gasteiger partial charge < -0.3 is 11.1 Å². The highest BCUT2D eigenvalue weighted by Gasteiger charge is 2.13. The molecule has 5 heteroatoms. The standard InChI is InChI=1S/C15H17N3OS/c1-9(14(16)20)8-17-15(19)12-7-10(2)18-13-6-4-3-5-11(12)13/h3-7,9H,8H2,1-2H3,(H2,16,20)(H,17,19). The molecule has 2 aromatic rings. The second-order valence-electron chi connectivity index (χ2n) is 4.84. The molecule has 0 aliphatic heterocycles. The summed E-state index contributed by atoms with van der Waals surface area (Å²) in [6.07, 6.45) is 0. The third kappa shape index (κ3) is 3.11. The van der Waals surface area contributed by atoms with E-state index >= 15 is 0 Å². The Morgan fingerprint density at radius 1 is 1.45 bits per heavy atom. The maximum atomic E-state index is 12.3. The summed E-state index contributed by atoms with van der Waals surface area (Å²) in [6.45, 7) is 4.20. The molecule has 2 rings (SSSR count). The average Bonchev–Trinajstić information content (AvgIpc) is 2.43. The van der Waals surface area contributed by atoms with Crippen LogP contribution in [-0.4, -0.2) is 22.4 Å². The van der Waals surface area contributed by atoms with E-state index in [4.69, 9.17) is 18.0 Å². The lowest BCUT2D eigenvalue weighted by Gasteiger charge is -2.12. The lowest BCUT2D eigenvalue weighted by Crippen LogP contribution is -2.33. The van der Waals surface area contributed by atoms with Gasteiger partial charge in [0, 0.05) is 23.5 Å². The largest absolute Gasteiger partial charge is 0.393 e. The number of nitrogens with one attached hydrogen (secondary N) is 1. The van der Waals surface area contributed by atoms with Crippen LogP contribution in [-0.2, 0) is 0 Å². The Bertz CT molecular complexity index is 669. The molecule has 1 atom stereocenters. The second-order valence-corrected chi connectivity index (χ2v) is 5.31. The van der Waals surface area contributed by atoms with E-state index in [1.807, 2.05) is 38.1 Å². The van der Waals surface area contributed by atoms with Crippen molar-refractivity contribution in [3.63, 3.8) is 0 Å². The maximum absolute atomic E-state index is 12.3. The lowest BCUT2D eigenvalue weighted by atomic mass is 10.1. The first-order valence-corrected chi connectivity index (χ1v) is 6.83. The highest BCUT2D eigenvalue weighted by atomic mass is 32.1. The van der Waals surface area contributed by atoms with Crippen LogP contribution in [0.1, 0.15) is 23.0 Å². The van der Waals surface area contributed by atoms with Crippen LogP contribution in [0.2, 0.25) is 0 Å². The molecule has 3 N–H and O–H groups in total. The highest BCUT2D eigenvalue weighted by molar-refractivity contribution is 7.80. The van der Waals surface area contributed by atoms with Gasteiger partial charge in [0.15, 0.2) is 0 Å². The summed E-state index contributed by atoms with van der Waals surface area (Å²) in [5.74, 6) is -0.155. The number of aryl methyl sites for hydroxylation is 1. The van der Waals surface area contributed by atoms with Crippen molar-refractivity contribution in [3.8, 4) is 0 Å². The monoisotopic (exact) mass is 287 g/mol. The summed E-state index contributed by atoms with van der Waals surface area (Å²) in [4.78, 5) is 17.1. The predicted molar refractivity (Wildman–Crippen MR) is 84.8 cm³/mol. The average molecular weight is 287 g/mol. The number of hydrogen-bond donors (Lipinski definition) is 2. The minimum Gasteiger partial charge on any atom is -0.393 e. The number of aromatic nitrogens is 1. The number of benzene rings is 1. The first-order valence-electron chi connectivity index (χ1n) is 6.43. The summed E-state index contributed by atoms with van der Waals surface area (Å²) in [5.41, 5.74) is 7.81. The van der Waals surface area contributed by atoms with Gasteiger partial charge >= 0.3 is 0 Å². The van der Waals surface area contributed by atoms with Gasteiger partial charge in [-0.25, -0.2) is 0 Å². The molecule has 20 heavy (non-hydrogen) atoms. The molecule has 0 saturated heterocycles. The molecule has 0 radical (unpaired) electrons. The van der Waals surface area contributed by atoms with E-state index in [1.54, 1.807) is 6.07 Å². The Balaban J connectivity index is 2.28. The van der Waals surface area contributed by atoms with Crippen LogP contribution in [0.3, 0.4) is 0 Å². The number of nitrogens with two attached hydrogens (primary N) is 1. The summed E-state index contributed by atoms with van der Waals surface area (Å²) >= 11 is 4.90. The zero-order valence-electron chi connectivity index (χ0n) is 11.5. The van der Waals surface area contributed by atoms with Gasteiger partial charge in [0.2, 0.25) is 0 Å². The van der Waals surface area contributed by atoms with Gasteiger partial charge in [0.1, 0.15) is 0 Å². The predicted octanol–water partition coefficient (Wildman–Crippen LogP) is 2.20. The molecule has 0 fully saturated rings. The molecule has 1 aromatic heterocycles. The Hall–Kier alpha value is -2.01. The van der Waals surface area contributed by atoms with E-state index in [0.717, 1.165) is 16.6 Å². The van der Waals surface area contributed by atoms with Crippen molar-refractivity contribution in [3.05, 3.63) is 41.6 Å². The third-order valence-corrected chi connectivity index (χ3v) is 3.55. The van der Waals surface area contributed by atoms with Crippen LogP contribution in [0, 0.1) is 12.8 Å². The first-order chi connectivity index (χ1) is 9.49. The molecule has 1 heterocycles. The smallest absolute Gasteiger partial charge is 0.252 e. The van der Waals surface area contributed by atoms with Crippen molar-refractivity contribution in [1.82, 2.24) is 10.3 Å². The van der Waals surface area contributed by atoms with Crippen LogP contribution >= 0.6 is 12.2 Å². The van der Waals surface area contributed by atoms with Gasteiger partial charge in [0.05, 0.1) is 16.1 Å². The minimum atomic E-state index is -0.130. The number of fused-ring (bicyclic) bond motifs is 1. The van der Waals surface area contributed by atoms with E-state index < -0.39 is 0 Å². The highest BCUT2D eigenvalue weighted by Crippen LogP contribution is 2.18. The molecular formula is C15H17N3OS. The number of nitrogens with zero attached hydrogens (tertiary/aromatic N) is 1. The molecule has 0 spiro atoms. The first kappa shape index (κ1) is 14.4. The van der Waals surface area contributed by atoms with Gasteiger partial charge in [-0.1, -0.05) is 37.3 Å². The number of pyridine rings is 1. The van der Waals surface area contributed by atoms with Crippen LogP contribution in [0.4, 0.5) is 0 Å². The van der Waals surface area contributed by atoms with E-state index in [9.17, 15) is 4.79 Å². The molecule has 0 aliphatic rings. The van der Waals surface area contributed by atoms with Gasteiger partial charge in [-0.2, -0.15) is 0 Å². The number of hydrogen-bond acceptors (Lipinski definition) is 3. The summed E-state index contributed by atoms with van der Waals surface area (Å²) in [5, 5.41) is 3.71. The van der Waals surface area contributed by atoms with Gasteiger partial charge in [-0.05, 0) is 19.1 Å². The second kappa shape index (κ2) is 5.96. The summed E-state index contributed by atoms with van der Waals surface area (Å²) in [7, 11) is 0. The van der Waals surface area contributed by atoms with Gasteiger partial charge in [-0.3, -0.25) is 9.78 Å². The van der Waals surface area contributed by atoms with Crippen LogP contribution in [0.25, 0.3) is 10.9 Å². The molecule has 1 unspecified atom stereocenters. The summed E-state index contributed by atoms with van der Waals surface area (Å²) in [6, 6.07) is 9.40. The Kier molecular flexibility index (Phi) is 4.29. The quantitative estimate of drug-likeness (QED) is 0.846. The van der Waals surface area contributed by atoms with E-state index in [0.29, 0.717) is 17.1 Å². The molecule has 4 nitrogen and oxygen atoms in total. The van der Waals surface area contributed by atoms with Crippen molar-refractivity contribution in [2.24, 2.45) is 11.7 Å². The van der Waals surface area contributed by atoms with Crippen molar-refractivity contribution in [2.45, 2.75) is 13.8 Å². The van der Waals surface area contributed by atoms with Crippen LogP contribution < -0.4 is 11.1 Å². The van der Waals surface area contributed by atoms with Gasteiger partial charge in [0.25, 0.3) is 5.91 Å². The molecular weight excluding hydrogens is 270 g/mol. The maximum Gasteiger partial charge on any atom is 0.252 e. The fraction of sp³-hybridized carbons (Fsp3) is 0.267. The third-order valence-electron chi connectivity index (χ3n) is 3.14. The fourth-order valence-corrected chi connectivity index (χ4v) is 2.02. The van der Waals surface area contributed by atoms with Gasteiger partial charge in [-0.15, -0.1) is 0 Å². The number of amides is 1. The SMILES string of the molecule is Cc1cc(C(=O)NCC(C)C(N)=S)c2ccccc2n1. The number of para-hydroxylation sites is 1. The molecule has 0 aliphatic carbocycles. The van der Waals surface area contributed by atoms with Crippen LogP contribution in [0.15, 0.2) is 30.3 Å². The van der Waals surface area contributed by atoms with E-state index in [2.05, 4.69) is 10.3 Å². The number of rotatable bonds is 4. The Morgan fingerprint density at radius 2 is 2.15 bits per heavy atom. The minimum absolute atomic E-state index is 0.0249. The lowest BCUT2D eigenvalue weighted by molar-refractivity contribution is 0.0953. The molecule has 1 aromatic carbocycles. The molecule has 1 amide bonds. The topological polar surface area (TPSA) is 68.0 Å².